The summed E-state index contributed by atoms with van der Waals surface area (Å²) in [6, 6.07) is 7.79. The third-order valence-corrected chi connectivity index (χ3v) is 6.25. The lowest BCUT2D eigenvalue weighted by molar-refractivity contribution is -0.124. The van der Waals surface area contributed by atoms with Crippen molar-refractivity contribution in [2.24, 2.45) is 5.73 Å². The number of aliphatic hydroxyl groups excluding tert-OH is 2. The van der Waals surface area contributed by atoms with Crippen molar-refractivity contribution < 1.29 is 34.2 Å². The van der Waals surface area contributed by atoms with Crippen LogP contribution in [0, 0.1) is 11.8 Å². The molecule has 2 atom stereocenters. The molecule has 0 radical (unpaired) electrons. The van der Waals surface area contributed by atoms with Gasteiger partial charge in [0.25, 0.3) is 11.8 Å². The molecule has 0 spiro atoms. The van der Waals surface area contributed by atoms with Crippen LogP contribution in [-0.4, -0.2) is 78.1 Å². The van der Waals surface area contributed by atoms with Crippen LogP contribution in [0.4, 0.5) is 0 Å². The molecule has 0 aromatic heterocycles. The molecule has 0 fully saturated rings. The number of carbonyl (C=O) groups is 5. The van der Waals surface area contributed by atoms with Gasteiger partial charge in [0.1, 0.15) is 12.1 Å². The van der Waals surface area contributed by atoms with Gasteiger partial charge in [-0.2, -0.15) is 0 Å². The second-order valence-corrected chi connectivity index (χ2v) is 9.70. The molecule has 0 saturated heterocycles. The van der Waals surface area contributed by atoms with Gasteiger partial charge in [0.2, 0.25) is 17.7 Å². The Labute approximate surface area is 250 Å². The fraction of sp³-hybridized carbons (Fsp3) is 0.387. The van der Waals surface area contributed by atoms with Gasteiger partial charge >= 0.3 is 0 Å². The van der Waals surface area contributed by atoms with Crippen molar-refractivity contribution in [1.29, 1.82) is 0 Å². The van der Waals surface area contributed by atoms with Crippen LogP contribution in [0.1, 0.15) is 81.7 Å². The Balaban J connectivity index is 2.39. The first-order valence-corrected chi connectivity index (χ1v) is 14.1. The van der Waals surface area contributed by atoms with Crippen LogP contribution in [-0.2, 0) is 9.59 Å². The van der Waals surface area contributed by atoms with Crippen molar-refractivity contribution in [3.05, 3.63) is 70.3 Å². The van der Waals surface area contributed by atoms with Gasteiger partial charge < -0.3 is 37.2 Å². The summed E-state index contributed by atoms with van der Waals surface area (Å²) in [5, 5.41) is 29.7. The van der Waals surface area contributed by atoms with Crippen LogP contribution >= 0.6 is 0 Å². The normalized spacial score (nSPS) is 11.7. The van der Waals surface area contributed by atoms with Crippen molar-refractivity contribution in [2.45, 2.75) is 51.6 Å². The molecule has 0 heterocycles. The van der Waals surface area contributed by atoms with Gasteiger partial charge in [0.15, 0.2) is 0 Å². The number of nitrogens with two attached hydrogens (primary N) is 1. The monoisotopic (exact) mass is 593 g/mol. The predicted molar refractivity (Wildman–Crippen MR) is 160 cm³/mol. The van der Waals surface area contributed by atoms with E-state index in [0.717, 1.165) is 25.7 Å². The second-order valence-electron chi connectivity index (χ2n) is 9.70. The van der Waals surface area contributed by atoms with Crippen molar-refractivity contribution in [3.63, 3.8) is 0 Å². The number of unbranched alkanes of at least 4 members (excludes halogenated alkanes) is 2. The number of primary amides is 1. The van der Waals surface area contributed by atoms with E-state index < -0.39 is 54.8 Å². The molecule has 0 aliphatic carbocycles. The largest absolute Gasteiger partial charge is 0.394 e. The van der Waals surface area contributed by atoms with E-state index in [2.05, 4.69) is 33.1 Å². The molecule has 5 amide bonds. The molecule has 0 aliphatic heterocycles. The van der Waals surface area contributed by atoms with Gasteiger partial charge in [-0.1, -0.05) is 38.5 Å². The first kappa shape index (κ1) is 34.5. The Morgan fingerprint density at radius 3 is 1.53 bits per heavy atom. The fourth-order valence-electron chi connectivity index (χ4n) is 3.72. The SMILES string of the molecule is CCCCNC(=O)[C@H](CO)NC(=O)c1cc(C#Cc2ccc(C(N)=O)cc2)cc(C(=O)N[C@@H](CO)C(=O)NCCCC)c1. The van der Waals surface area contributed by atoms with Crippen LogP contribution in [0.3, 0.4) is 0 Å². The number of hydrogen-bond donors (Lipinski definition) is 7. The first-order valence-electron chi connectivity index (χ1n) is 14.1. The predicted octanol–water partition coefficient (Wildman–Crippen LogP) is 0.199. The Hall–Kier alpha value is -4.73. The third kappa shape index (κ3) is 11.2. The Morgan fingerprint density at radius 2 is 1.14 bits per heavy atom. The number of benzene rings is 2. The van der Waals surface area contributed by atoms with E-state index in [0.29, 0.717) is 24.2 Å². The van der Waals surface area contributed by atoms with Gasteiger partial charge in [0.05, 0.1) is 13.2 Å². The summed E-state index contributed by atoms with van der Waals surface area (Å²) in [6.07, 6.45) is 3.16. The number of carbonyl (C=O) groups excluding carboxylic acids is 5. The molecule has 0 aliphatic rings. The van der Waals surface area contributed by atoms with Gasteiger partial charge in [0, 0.05) is 40.9 Å². The van der Waals surface area contributed by atoms with E-state index in [1.54, 1.807) is 12.1 Å². The van der Waals surface area contributed by atoms with E-state index in [-0.39, 0.29) is 16.7 Å². The summed E-state index contributed by atoms with van der Waals surface area (Å²) in [4.78, 5) is 62.5. The van der Waals surface area contributed by atoms with Gasteiger partial charge in [-0.15, -0.1) is 0 Å². The third-order valence-electron chi connectivity index (χ3n) is 6.25. The number of aliphatic hydroxyl groups is 2. The summed E-state index contributed by atoms with van der Waals surface area (Å²) in [7, 11) is 0. The van der Waals surface area contributed by atoms with Crippen molar-refractivity contribution in [1.82, 2.24) is 21.3 Å². The summed E-state index contributed by atoms with van der Waals surface area (Å²) in [6.45, 7) is 3.38. The molecule has 43 heavy (non-hydrogen) atoms. The lowest BCUT2D eigenvalue weighted by Gasteiger charge is -2.18. The number of hydrogen-bond acceptors (Lipinski definition) is 7. The maximum atomic E-state index is 13.2. The quantitative estimate of drug-likeness (QED) is 0.113. The van der Waals surface area contributed by atoms with Crippen LogP contribution < -0.4 is 27.0 Å². The standard InChI is InChI=1S/C31H39N5O7/c1-3-5-13-33-30(42)25(18-37)35-28(40)23-15-21(8-7-20-9-11-22(12-10-20)27(32)39)16-24(17-23)29(41)36-26(19-38)31(43)34-14-6-4-2/h9-12,15-17,25-26,37-38H,3-6,13-14,18-19H2,1-2H3,(H2,32,39)(H,33,42)(H,34,43)(H,35,40)(H,36,41)/t25-,26-/m0/s1. The minimum absolute atomic E-state index is 0.0335. The molecule has 2 aromatic rings. The molecule has 2 rings (SSSR count). The summed E-state index contributed by atoms with van der Waals surface area (Å²) >= 11 is 0. The Kier molecular flexibility index (Phi) is 14.4. The Bertz CT molecular complexity index is 1290. The fourth-order valence-corrected chi connectivity index (χ4v) is 3.72. The summed E-state index contributed by atoms with van der Waals surface area (Å²) in [5.74, 6) is 2.55. The van der Waals surface area contributed by atoms with Crippen LogP contribution in [0.5, 0.6) is 0 Å². The molecule has 230 valence electrons. The van der Waals surface area contributed by atoms with Gasteiger partial charge in [-0.05, 0) is 55.3 Å². The minimum Gasteiger partial charge on any atom is -0.394 e. The average Bonchev–Trinajstić information content (AvgIpc) is 3.01. The van der Waals surface area contributed by atoms with E-state index in [1.807, 2.05) is 13.8 Å². The lowest BCUT2D eigenvalue weighted by Crippen LogP contribution is -2.49. The number of rotatable bonds is 15. The van der Waals surface area contributed by atoms with E-state index >= 15 is 0 Å². The van der Waals surface area contributed by atoms with Crippen molar-refractivity contribution >= 4 is 29.5 Å². The molecule has 12 nitrogen and oxygen atoms in total. The second kappa shape index (κ2) is 17.9. The molecule has 0 bridgehead atoms. The smallest absolute Gasteiger partial charge is 0.252 e. The number of amides is 5. The molecule has 0 unspecified atom stereocenters. The highest BCUT2D eigenvalue weighted by Gasteiger charge is 2.23. The van der Waals surface area contributed by atoms with E-state index in [4.69, 9.17) is 5.73 Å². The average molecular weight is 594 g/mol. The molecule has 2 aromatic carbocycles. The highest BCUT2D eigenvalue weighted by Crippen LogP contribution is 2.12. The molecular formula is C31H39N5O7. The maximum absolute atomic E-state index is 13.2. The minimum atomic E-state index is -1.23. The molecule has 0 saturated carbocycles. The topological polar surface area (TPSA) is 200 Å². The van der Waals surface area contributed by atoms with Crippen LogP contribution in [0.2, 0.25) is 0 Å². The van der Waals surface area contributed by atoms with Crippen molar-refractivity contribution in [2.75, 3.05) is 26.3 Å². The summed E-state index contributed by atoms with van der Waals surface area (Å²) < 4.78 is 0. The van der Waals surface area contributed by atoms with E-state index in [1.165, 1.54) is 30.3 Å². The molecular weight excluding hydrogens is 554 g/mol. The van der Waals surface area contributed by atoms with Gasteiger partial charge in [-0.25, -0.2) is 0 Å². The summed E-state index contributed by atoms with van der Waals surface area (Å²) in [5.41, 5.74) is 6.28. The zero-order valence-electron chi connectivity index (χ0n) is 24.4. The first-order chi connectivity index (χ1) is 20.6. The zero-order chi connectivity index (χ0) is 31.8. The highest BCUT2D eigenvalue weighted by molar-refractivity contribution is 6.03. The number of nitrogens with one attached hydrogen (secondary N) is 4. The Morgan fingerprint density at radius 1 is 0.698 bits per heavy atom. The van der Waals surface area contributed by atoms with E-state index in [9.17, 15) is 34.2 Å². The van der Waals surface area contributed by atoms with Gasteiger partial charge in [-0.3, -0.25) is 24.0 Å². The van der Waals surface area contributed by atoms with Crippen LogP contribution in [0.25, 0.3) is 0 Å². The lowest BCUT2D eigenvalue weighted by atomic mass is 10.0. The maximum Gasteiger partial charge on any atom is 0.252 e. The molecule has 8 N–H and O–H groups in total. The zero-order valence-corrected chi connectivity index (χ0v) is 24.4. The van der Waals surface area contributed by atoms with Crippen molar-refractivity contribution in [3.8, 4) is 11.8 Å². The highest BCUT2D eigenvalue weighted by atomic mass is 16.3. The van der Waals surface area contributed by atoms with Crippen LogP contribution in [0.15, 0.2) is 42.5 Å². The molecule has 12 heteroatoms.